The molecule has 1 heterocycles. The zero-order valence-electron chi connectivity index (χ0n) is 13.8. The summed E-state index contributed by atoms with van der Waals surface area (Å²) in [6.45, 7) is 2.27. The summed E-state index contributed by atoms with van der Waals surface area (Å²) in [5.41, 5.74) is 5.53. The predicted octanol–water partition coefficient (Wildman–Crippen LogP) is 2.29. The number of hydrogen-bond donors (Lipinski definition) is 1. The average Bonchev–Trinajstić information content (AvgIpc) is 2.54. The first-order valence-corrected chi connectivity index (χ1v) is 8.26. The van der Waals surface area contributed by atoms with Crippen molar-refractivity contribution in [3.63, 3.8) is 0 Å². The molecule has 130 valence electrons. The number of nitrogens with zero attached hydrogens (tertiary/aromatic N) is 1. The number of piperidine rings is 1. The number of carbonyl (C=O) groups excluding carboxylic acids is 3. The molecule has 2 N–H and O–H groups in total. The largest absolute Gasteiger partial charge is 0.370 e. The summed E-state index contributed by atoms with van der Waals surface area (Å²) in [4.78, 5) is 37.8. The maximum absolute atomic E-state index is 13.2. The molecule has 2 unspecified atom stereocenters. The van der Waals surface area contributed by atoms with Gasteiger partial charge in [-0.2, -0.15) is 0 Å². The second-order valence-electron chi connectivity index (χ2n) is 6.39. The van der Waals surface area contributed by atoms with E-state index in [1.807, 2.05) is 0 Å². The van der Waals surface area contributed by atoms with Crippen LogP contribution in [0.25, 0.3) is 0 Å². The van der Waals surface area contributed by atoms with Crippen molar-refractivity contribution in [3.05, 3.63) is 35.6 Å². The van der Waals surface area contributed by atoms with E-state index in [0.29, 0.717) is 6.54 Å². The lowest BCUT2D eigenvalue weighted by Gasteiger charge is -2.36. The van der Waals surface area contributed by atoms with Crippen molar-refractivity contribution in [3.8, 4) is 0 Å². The quantitative estimate of drug-likeness (QED) is 0.811. The van der Waals surface area contributed by atoms with Crippen molar-refractivity contribution in [2.45, 2.75) is 45.1 Å². The molecule has 0 aromatic heterocycles. The smallest absolute Gasteiger partial charge is 0.226 e. The third-order valence-corrected chi connectivity index (χ3v) is 4.41. The van der Waals surface area contributed by atoms with Crippen molar-refractivity contribution in [1.82, 2.24) is 4.90 Å². The summed E-state index contributed by atoms with van der Waals surface area (Å²) in [5, 5.41) is 0. The fraction of sp³-hybridized carbons (Fsp3) is 0.500. The second-order valence-corrected chi connectivity index (χ2v) is 6.39. The van der Waals surface area contributed by atoms with Gasteiger partial charge in [0.2, 0.25) is 11.8 Å². The highest BCUT2D eigenvalue weighted by molar-refractivity contribution is 5.98. The lowest BCUT2D eigenvalue weighted by Crippen LogP contribution is -2.47. The molecule has 1 aliphatic rings. The lowest BCUT2D eigenvalue weighted by atomic mass is 9.94. The van der Waals surface area contributed by atoms with Crippen LogP contribution in [-0.2, 0) is 9.59 Å². The third kappa shape index (κ3) is 4.63. The number of carbonyl (C=O) groups is 3. The van der Waals surface area contributed by atoms with Crippen LogP contribution in [0.2, 0.25) is 0 Å². The van der Waals surface area contributed by atoms with Gasteiger partial charge in [0.15, 0.2) is 5.78 Å². The molecule has 2 rings (SSSR count). The Hall–Kier alpha value is -2.24. The first-order valence-electron chi connectivity index (χ1n) is 8.26. The number of ketones is 1. The minimum atomic E-state index is -0.519. The van der Waals surface area contributed by atoms with Crippen LogP contribution in [-0.4, -0.2) is 35.1 Å². The van der Waals surface area contributed by atoms with Gasteiger partial charge in [-0.25, -0.2) is 4.39 Å². The molecule has 1 saturated heterocycles. The number of nitrogens with two attached hydrogens (primary N) is 1. The Bertz CT molecular complexity index is 632. The Morgan fingerprint density at radius 3 is 2.75 bits per heavy atom. The highest BCUT2D eigenvalue weighted by atomic mass is 19.1. The molecular formula is C18H23FN2O3. The summed E-state index contributed by atoms with van der Waals surface area (Å²) >= 11 is 0. The lowest BCUT2D eigenvalue weighted by molar-refractivity contribution is -0.139. The van der Waals surface area contributed by atoms with E-state index in [1.165, 1.54) is 18.2 Å². The van der Waals surface area contributed by atoms with Gasteiger partial charge in [-0.1, -0.05) is 19.1 Å². The van der Waals surface area contributed by atoms with Crippen molar-refractivity contribution >= 4 is 17.6 Å². The van der Waals surface area contributed by atoms with Gasteiger partial charge in [-0.3, -0.25) is 14.4 Å². The molecule has 1 aromatic rings. The highest BCUT2D eigenvalue weighted by Gasteiger charge is 2.31. The van der Waals surface area contributed by atoms with Crippen LogP contribution in [0.5, 0.6) is 0 Å². The minimum Gasteiger partial charge on any atom is -0.370 e. The fourth-order valence-electron chi connectivity index (χ4n) is 3.16. The molecular weight excluding hydrogens is 311 g/mol. The van der Waals surface area contributed by atoms with E-state index in [2.05, 4.69) is 0 Å². The number of benzene rings is 1. The van der Waals surface area contributed by atoms with Crippen LogP contribution in [0.3, 0.4) is 0 Å². The highest BCUT2D eigenvalue weighted by Crippen LogP contribution is 2.23. The van der Waals surface area contributed by atoms with Crippen LogP contribution in [0.15, 0.2) is 24.3 Å². The molecule has 0 aliphatic carbocycles. The van der Waals surface area contributed by atoms with Crippen LogP contribution in [0.1, 0.15) is 49.4 Å². The molecule has 6 heteroatoms. The number of rotatable bonds is 6. The molecule has 1 aromatic carbocycles. The van der Waals surface area contributed by atoms with Crippen LogP contribution < -0.4 is 5.73 Å². The monoisotopic (exact) mass is 334 g/mol. The first kappa shape index (κ1) is 18.1. The van der Waals surface area contributed by atoms with Gasteiger partial charge < -0.3 is 10.6 Å². The third-order valence-electron chi connectivity index (χ3n) is 4.41. The molecule has 0 spiro atoms. The Morgan fingerprint density at radius 2 is 2.08 bits per heavy atom. The SMILES string of the molecule is CC(CC(=O)c1cccc(F)c1)C(=O)N1CCCCC1CC(N)=O. The van der Waals surface area contributed by atoms with Gasteiger partial charge in [-0.15, -0.1) is 0 Å². The van der Waals surface area contributed by atoms with Gasteiger partial charge in [0.1, 0.15) is 5.82 Å². The fourth-order valence-corrected chi connectivity index (χ4v) is 3.16. The van der Waals surface area contributed by atoms with Crippen LogP contribution >= 0.6 is 0 Å². The predicted molar refractivity (Wildman–Crippen MR) is 87.7 cm³/mol. The molecule has 24 heavy (non-hydrogen) atoms. The molecule has 1 aliphatic heterocycles. The number of hydrogen-bond acceptors (Lipinski definition) is 3. The Morgan fingerprint density at radius 1 is 1.33 bits per heavy atom. The van der Waals surface area contributed by atoms with Crippen LogP contribution in [0, 0.1) is 11.7 Å². The van der Waals surface area contributed by atoms with E-state index in [4.69, 9.17) is 5.73 Å². The number of amides is 2. The standard InChI is InChI=1S/C18H23FN2O3/c1-12(9-16(22)13-5-4-6-14(19)10-13)18(24)21-8-3-2-7-15(21)11-17(20)23/h4-6,10,12,15H,2-3,7-9,11H2,1H3,(H2,20,23). The number of Topliss-reactive ketones (excluding diaryl/α,β-unsaturated/α-hetero) is 1. The molecule has 5 nitrogen and oxygen atoms in total. The average molecular weight is 334 g/mol. The molecule has 2 atom stereocenters. The summed E-state index contributed by atoms with van der Waals surface area (Å²) in [5.74, 6) is -1.83. The van der Waals surface area contributed by atoms with Gasteiger partial charge >= 0.3 is 0 Å². The zero-order chi connectivity index (χ0) is 17.7. The Labute approximate surface area is 141 Å². The molecule has 1 fully saturated rings. The topological polar surface area (TPSA) is 80.5 Å². The van der Waals surface area contributed by atoms with Gasteiger partial charge in [0, 0.05) is 36.9 Å². The summed E-state index contributed by atoms with van der Waals surface area (Å²) < 4.78 is 13.2. The van der Waals surface area contributed by atoms with E-state index < -0.39 is 17.6 Å². The molecule has 0 saturated carbocycles. The molecule has 0 bridgehead atoms. The normalized spacial score (nSPS) is 18.9. The second kappa shape index (κ2) is 8.04. The first-order chi connectivity index (χ1) is 11.4. The number of primary amides is 1. The summed E-state index contributed by atoms with van der Waals surface area (Å²) in [7, 11) is 0. The summed E-state index contributed by atoms with van der Waals surface area (Å²) in [6.07, 6.45) is 2.75. The van der Waals surface area contributed by atoms with Crippen molar-refractivity contribution in [2.75, 3.05) is 6.54 Å². The minimum absolute atomic E-state index is 0.0160. The number of halogens is 1. The zero-order valence-corrected chi connectivity index (χ0v) is 13.8. The van der Waals surface area contributed by atoms with Gasteiger partial charge in [0.05, 0.1) is 0 Å². The van der Waals surface area contributed by atoms with E-state index in [9.17, 15) is 18.8 Å². The maximum Gasteiger partial charge on any atom is 0.226 e. The van der Waals surface area contributed by atoms with Crippen molar-refractivity contribution < 1.29 is 18.8 Å². The van der Waals surface area contributed by atoms with E-state index in [0.717, 1.165) is 19.3 Å². The Balaban J connectivity index is 2.02. The summed E-state index contributed by atoms with van der Waals surface area (Å²) in [6, 6.07) is 5.28. The van der Waals surface area contributed by atoms with Crippen molar-refractivity contribution in [2.24, 2.45) is 11.7 Å². The van der Waals surface area contributed by atoms with Crippen LogP contribution in [0.4, 0.5) is 4.39 Å². The maximum atomic E-state index is 13.2. The van der Waals surface area contributed by atoms with Gasteiger partial charge in [-0.05, 0) is 31.4 Å². The van der Waals surface area contributed by atoms with E-state index >= 15 is 0 Å². The Kier molecular flexibility index (Phi) is 6.06. The molecule has 2 amide bonds. The molecule has 0 radical (unpaired) electrons. The van der Waals surface area contributed by atoms with Gasteiger partial charge in [0.25, 0.3) is 0 Å². The number of likely N-dealkylation sites (tertiary alicyclic amines) is 1. The van der Waals surface area contributed by atoms with Crippen molar-refractivity contribution in [1.29, 1.82) is 0 Å². The van der Waals surface area contributed by atoms with E-state index in [-0.39, 0.29) is 36.1 Å². The van der Waals surface area contributed by atoms with E-state index in [1.54, 1.807) is 17.9 Å².